The van der Waals surface area contributed by atoms with E-state index in [0.29, 0.717) is 18.0 Å². The summed E-state index contributed by atoms with van der Waals surface area (Å²) in [4.78, 5) is 13.9. The van der Waals surface area contributed by atoms with E-state index in [1.54, 1.807) is 36.3 Å². The minimum Gasteiger partial charge on any atom is -0.497 e. The van der Waals surface area contributed by atoms with Crippen molar-refractivity contribution < 1.29 is 18.3 Å². The van der Waals surface area contributed by atoms with Crippen molar-refractivity contribution >= 4 is 11.6 Å². The molecule has 2 aromatic rings. The maximum absolute atomic E-state index is 13.7. The van der Waals surface area contributed by atoms with E-state index in [0.717, 1.165) is 6.07 Å². The van der Waals surface area contributed by atoms with Gasteiger partial charge in [-0.3, -0.25) is 9.69 Å². The van der Waals surface area contributed by atoms with E-state index >= 15 is 0 Å². The molecule has 0 aromatic heterocycles. The second kappa shape index (κ2) is 8.40. The van der Waals surface area contributed by atoms with Crippen LogP contribution in [-0.4, -0.2) is 31.0 Å². The van der Waals surface area contributed by atoms with Crippen molar-refractivity contribution in [3.05, 3.63) is 59.7 Å². The SMILES string of the molecule is CCN(CC(=O)Nc1ccc(OC)cc1)Cc1cccc(F)c1F. The van der Waals surface area contributed by atoms with Crippen molar-refractivity contribution in [3.63, 3.8) is 0 Å². The Bertz CT molecular complexity index is 690. The number of ether oxygens (including phenoxy) is 1. The third kappa shape index (κ3) is 4.76. The summed E-state index contributed by atoms with van der Waals surface area (Å²) in [5, 5.41) is 2.77. The van der Waals surface area contributed by atoms with Crippen molar-refractivity contribution in [2.45, 2.75) is 13.5 Å². The van der Waals surface area contributed by atoms with Crippen LogP contribution in [0.2, 0.25) is 0 Å². The number of benzene rings is 2. The van der Waals surface area contributed by atoms with E-state index in [1.165, 1.54) is 12.1 Å². The second-order valence-corrected chi connectivity index (χ2v) is 5.29. The van der Waals surface area contributed by atoms with Crippen LogP contribution in [0.3, 0.4) is 0 Å². The molecule has 2 rings (SSSR count). The van der Waals surface area contributed by atoms with Gasteiger partial charge in [-0.25, -0.2) is 8.78 Å². The Hall–Kier alpha value is -2.47. The Morgan fingerprint density at radius 3 is 2.50 bits per heavy atom. The highest BCUT2D eigenvalue weighted by Gasteiger charge is 2.14. The molecule has 0 spiro atoms. The topological polar surface area (TPSA) is 41.6 Å². The quantitative estimate of drug-likeness (QED) is 0.843. The molecule has 0 saturated carbocycles. The minimum atomic E-state index is -0.883. The van der Waals surface area contributed by atoms with E-state index in [1.807, 2.05) is 6.92 Å². The van der Waals surface area contributed by atoms with Gasteiger partial charge in [0.15, 0.2) is 11.6 Å². The fourth-order valence-electron chi connectivity index (χ4n) is 2.27. The summed E-state index contributed by atoms with van der Waals surface area (Å²) < 4.78 is 32.1. The number of nitrogens with one attached hydrogen (secondary N) is 1. The van der Waals surface area contributed by atoms with Gasteiger partial charge >= 0.3 is 0 Å². The molecule has 0 aliphatic carbocycles. The maximum atomic E-state index is 13.7. The number of hydrogen-bond acceptors (Lipinski definition) is 3. The number of halogens is 2. The molecule has 0 atom stereocenters. The lowest BCUT2D eigenvalue weighted by atomic mass is 10.2. The highest BCUT2D eigenvalue weighted by Crippen LogP contribution is 2.16. The summed E-state index contributed by atoms with van der Waals surface area (Å²) in [6, 6.07) is 11.0. The van der Waals surface area contributed by atoms with Gasteiger partial charge in [0, 0.05) is 17.8 Å². The van der Waals surface area contributed by atoms with Crippen molar-refractivity contribution in [2.24, 2.45) is 0 Å². The molecule has 1 amide bonds. The Morgan fingerprint density at radius 1 is 1.17 bits per heavy atom. The Kier molecular flexibility index (Phi) is 6.26. The molecule has 128 valence electrons. The number of amides is 1. The zero-order valence-corrected chi connectivity index (χ0v) is 13.7. The van der Waals surface area contributed by atoms with Crippen molar-refractivity contribution in [2.75, 3.05) is 25.5 Å². The molecule has 0 aliphatic rings. The highest BCUT2D eigenvalue weighted by atomic mass is 19.2. The van der Waals surface area contributed by atoms with Crippen LogP contribution in [0, 0.1) is 11.6 Å². The van der Waals surface area contributed by atoms with Gasteiger partial charge in [-0.05, 0) is 36.9 Å². The average molecular weight is 334 g/mol. The second-order valence-electron chi connectivity index (χ2n) is 5.29. The lowest BCUT2D eigenvalue weighted by molar-refractivity contribution is -0.117. The van der Waals surface area contributed by atoms with E-state index < -0.39 is 11.6 Å². The largest absolute Gasteiger partial charge is 0.497 e. The minimum absolute atomic E-state index is 0.0818. The molecular formula is C18H20F2N2O2. The van der Waals surface area contributed by atoms with Crippen LogP contribution in [0.5, 0.6) is 5.75 Å². The van der Waals surface area contributed by atoms with Gasteiger partial charge in [-0.2, -0.15) is 0 Å². The predicted molar refractivity (Wildman–Crippen MR) is 88.9 cm³/mol. The molecule has 24 heavy (non-hydrogen) atoms. The molecule has 0 heterocycles. The fourth-order valence-corrected chi connectivity index (χ4v) is 2.27. The first-order valence-corrected chi connectivity index (χ1v) is 7.62. The van der Waals surface area contributed by atoms with Gasteiger partial charge in [0.25, 0.3) is 0 Å². The highest BCUT2D eigenvalue weighted by molar-refractivity contribution is 5.92. The molecule has 4 nitrogen and oxygen atoms in total. The Morgan fingerprint density at radius 2 is 1.88 bits per heavy atom. The van der Waals surface area contributed by atoms with E-state index in [-0.39, 0.29) is 24.6 Å². The maximum Gasteiger partial charge on any atom is 0.238 e. The lowest BCUT2D eigenvalue weighted by Gasteiger charge is -2.20. The molecule has 0 saturated heterocycles. The van der Waals surface area contributed by atoms with E-state index in [9.17, 15) is 13.6 Å². The number of methoxy groups -OCH3 is 1. The molecule has 0 radical (unpaired) electrons. The first kappa shape index (κ1) is 17.9. The van der Waals surface area contributed by atoms with Crippen molar-refractivity contribution in [1.82, 2.24) is 4.90 Å². The Balaban J connectivity index is 1.96. The molecule has 6 heteroatoms. The van der Waals surface area contributed by atoms with Crippen molar-refractivity contribution in [3.8, 4) is 5.75 Å². The van der Waals surface area contributed by atoms with Gasteiger partial charge in [-0.1, -0.05) is 19.1 Å². The van der Waals surface area contributed by atoms with Crippen LogP contribution in [0.1, 0.15) is 12.5 Å². The smallest absolute Gasteiger partial charge is 0.238 e. The van der Waals surface area contributed by atoms with Crippen LogP contribution >= 0.6 is 0 Å². The van der Waals surface area contributed by atoms with Crippen LogP contribution in [-0.2, 0) is 11.3 Å². The summed E-state index contributed by atoms with van der Waals surface area (Å²) in [5.74, 6) is -1.28. The molecule has 0 aliphatic heterocycles. The number of hydrogen-bond donors (Lipinski definition) is 1. The summed E-state index contributed by atoms with van der Waals surface area (Å²) in [5.41, 5.74) is 0.878. The van der Waals surface area contributed by atoms with E-state index in [4.69, 9.17) is 4.74 Å². The van der Waals surface area contributed by atoms with Crippen LogP contribution in [0.15, 0.2) is 42.5 Å². The van der Waals surface area contributed by atoms with Gasteiger partial charge in [0.2, 0.25) is 5.91 Å². The number of likely N-dealkylation sites (N-methyl/N-ethyl adjacent to an activating group) is 1. The standard InChI is InChI=1S/C18H20F2N2O2/c1-3-22(11-13-5-4-6-16(19)18(13)20)12-17(23)21-14-7-9-15(24-2)10-8-14/h4-10H,3,11-12H2,1-2H3,(H,21,23). The molecule has 0 fully saturated rings. The monoisotopic (exact) mass is 334 g/mol. The average Bonchev–Trinajstić information content (AvgIpc) is 2.58. The number of rotatable bonds is 7. The first-order valence-electron chi connectivity index (χ1n) is 7.62. The van der Waals surface area contributed by atoms with Gasteiger partial charge in [0.05, 0.1) is 13.7 Å². The van der Waals surface area contributed by atoms with Crippen LogP contribution < -0.4 is 10.1 Å². The van der Waals surface area contributed by atoms with Crippen LogP contribution in [0.4, 0.5) is 14.5 Å². The van der Waals surface area contributed by atoms with Crippen molar-refractivity contribution in [1.29, 1.82) is 0 Å². The van der Waals surface area contributed by atoms with Gasteiger partial charge < -0.3 is 10.1 Å². The molecule has 0 bridgehead atoms. The zero-order chi connectivity index (χ0) is 17.5. The summed E-state index contributed by atoms with van der Waals surface area (Å²) >= 11 is 0. The summed E-state index contributed by atoms with van der Waals surface area (Å²) in [6.45, 7) is 2.64. The number of nitrogens with zero attached hydrogens (tertiary/aromatic N) is 1. The number of anilines is 1. The Labute approximate surface area is 140 Å². The number of carbonyl (C=O) groups is 1. The molecule has 1 N–H and O–H groups in total. The normalized spacial score (nSPS) is 10.7. The first-order chi connectivity index (χ1) is 11.5. The molecular weight excluding hydrogens is 314 g/mol. The fraction of sp³-hybridized carbons (Fsp3) is 0.278. The zero-order valence-electron chi connectivity index (χ0n) is 13.7. The summed E-state index contributed by atoms with van der Waals surface area (Å²) in [6.07, 6.45) is 0. The van der Waals surface area contributed by atoms with Gasteiger partial charge in [-0.15, -0.1) is 0 Å². The third-order valence-corrected chi connectivity index (χ3v) is 3.61. The lowest BCUT2D eigenvalue weighted by Crippen LogP contribution is -2.33. The third-order valence-electron chi connectivity index (χ3n) is 3.61. The van der Waals surface area contributed by atoms with Gasteiger partial charge in [0.1, 0.15) is 5.75 Å². The summed E-state index contributed by atoms with van der Waals surface area (Å²) in [7, 11) is 1.57. The van der Waals surface area contributed by atoms with E-state index in [2.05, 4.69) is 5.32 Å². The predicted octanol–water partition coefficient (Wildman–Crippen LogP) is 3.43. The van der Waals surface area contributed by atoms with Crippen LogP contribution in [0.25, 0.3) is 0 Å². The number of carbonyl (C=O) groups excluding carboxylic acids is 1. The molecule has 0 unspecified atom stereocenters. The molecule has 2 aromatic carbocycles.